The molecule has 0 radical (unpaired) electrons. The van der Waals surface area contributed by atoms with E-state index in [1.807, 2.05) is 29.2 Å². The maximum Gasteiger partial charge on any atom is 0.264 e. The van der Waals surface area contributed by atoms with Crippen LogP contribution in [0.3, 0.4) is 0 Å². The third-order valence-electron chi connectivity index (χ3n) is 5.44. The molecule has 2 aromatic rings. The number of carbonyl (C=O) groups is 1. The molecule has 26 heavy (non-hydrogen) atoms. The molecule has 1 aliphatic carbocycles. The molecule has 1 aromatic carbocycles. The number of hydrogen-bond acceptors (Lipinski definition) is 5. The highest BCUT2D eigenvalue weighted by molar-refractivity contribution is 5.82. The van der Waals surface area contributed by atoms with Gasteiger partial charge in [0.25, 0.3) is 5.91 Å². The molecule has 1 fully saturated rings. The molecule has 6 heteroatoms. The Balaban J connectivity index is 1.30. The summed E-state index contributed by atoms with van der Waals surface area (Å²) in [5.74, 6) is 1.88. The largest absolute Gasteiger partial charge is 0.480 e. The van der Waals surface area contributed by atoms with Crippen molar-refractivity contribution in [3.63, 3.8) is 0 Å². The van der Waals surface area contributed by atoms with E-state index in [0.29, 0.717) is 25.6 Å². The molecule has 1 N–H and O–H groups in total. The van der Waals surface area contributed by atoms with Crippen LogP contribution in [-0.4, -0.2) is 46.0 Å². The lowest BCUT2D eigenvalue weighted by atomic mass is 10.1. The first-order valence-electron chi connectivity index (χ1n) is 9.40. The summed E-state index contributed by atoms with van der Waals surface area (Å²) in [6.07, 6.45) is 5.87. The molecular formula is C20H22N4O2. The zero-order valence-electron chi connectivity index (χ0n) is 14.6. The summed E-state index contributed by atoms with van der Waals surface area (Å²) in [6.45, 7) is 1.37. The number of fused-ring (bicyclic) bond motifs is 2. The van der Waals surface area contributed by atoms with Gasteiger partial charge in [-0.25, -0.2) is 9.97 Å². The first-order valence-corrected chi connectivity index (χ1v) is 9.40. The summed E-state index contributed by atoms with van der Waals surface area (Å²) in [5, 5.41) is 3.50. The van der Waals surface area contributed by atoms with Crippen molar-refractivity contribution < 1.29 is 9.53 Å². The van der Waals surface area contributed by atoms with Crippen LogP contribution in [0.15, 0.2) is 30.6 Å². The first kappa shape index (κ1) is 15.6. The van der Waals surface area contributed by atoms with Crippen LogP contribution in [0.5, 0.6) is 5.75 Å². The van der Waals surface area contributed by atoms with Crippen molar-refractivity contribution in [3.05, 3.63) is 47.4 Å². The normalized spacial score (nSPS) is 21.4. The van der Waals surface area contributed by atoms with Gasteiger partial charge in [-0.05, 0) is 30.9 Å². The second-order valence-electron chi connectivity index (χ2n) is 7.31. The second kappa shape index (κ2) is 6.27. The monoisotopic (exact) mass is 350 g/mol. The van der Waals surface area contributed by atoms with Gasteiger partial charge in [0.1, 0.15) is 17.9 Å². The topological polar surface area (TPSA) is 67.3 Å². The molecule has 2 aliphatic heterocycles. The van der Waals surface area contributed by atoms with Crippen molar-refractivity contribution in [1.29, 1.82) is 0 Å². The third kappa shape index (κ3) is 2.89. The predicted molar refractivity (Wildman–Crippen MR) is 97.2 cm³/mol. The molecule has 1 aromatic heterocycles. The molecule has 1 saturated carbocycles. The summed E-state index contributed by atoms with van der Waals surface area (Å²) in [5.41, 5.74) is 3.35. The van der Waals surface area contributed by atoms with Crippen LogP contribution in [0.4, 0.5) is 5.82 Å². The number of anilines is 1. The summed E-state index contributed by atoms with van der Waals surface area (Å²) < 4.78 is 5.89. The molecule has 6 nitrogen and oxygen atoms in total. The number of aromatic nitrogens is 2. The quantitative estimate of drug-likeness (QED) is 0.917. The van der Waals surface area contributed by atoms with E-state index in [0.717, 1.165) is 35.7 Å². The van der Waals surface area contributed by atoms with E-state index < -0.39 is 6.10 Å². The Morgan fingerprint density at radius 1 is 1.15 bits per heavy atom. The fourth-order valence-corrected chi connectivity index (χ4v) is 3.82. The minimum absolute atomic E-state index is 0.0821. The molecule has 3 aliphatic rings. The molecule has 0 spiro atoms. The number of amides is 1. The van der Waals surface area contributed by atoms with E-state index in [-0.39, 0.29) is 5.91 Å². The summed E-state index contributed by atoms with van der Waals surface area (Å²) >= 11 is 0. The highest BCUT2D eigenvalue weighted by Crippen LogP contribution is 2.30. The smallest absolute Gasteiger partial charge is 0.264 e. The Bertz CT molecular complexity index is 824. The van der Waals surface area contributed by atoms with Gasteiger partial charge in [-0.2, -0.15) is 0 Å². The van der Waals surface area contributed by atoms with Crippen molar-refractivity contribution >= 4 is 11.7 Å². The Labute approximate surface area is 152 Å². The number of benzene rings is 1. The van der Waals surface area contributed by atoms with Gasteiger partial charge in [-0.3, -0.25) is 4.79 Å². The van der Waals surface area contributed by atoms with Gasteiger partial charge in [0.15, 0.2) is 6.10 Å². The maximum atomic E-state index is 13.0. The highest BCUT2D eigenvalue weighted by atomic mass is 16.5. The van der Waals surface area contributed by atoms with E-state index in [1.54, 1.807) is 6.33 Å². The molecule has 5 rings (SSSR count). The maximum absolute atomic E-state index is 13.0. The van der Waals surface area contributed by atoms with Crippen LogP contribution in [0.2, 0.25) is 0 Å². The van der Waals surface area contributed by atoms with E-state index in [9.17, 15) is 4.79 Å². The van der Waals surface area contributed by atoms with Crippen LogP contribution in [0, 0.1) is 0 Å². The standard InChI is InChI=1S/C20H22N4O2/c25-20(18-11-13-3-1-2-4-17(13)26-18)24-9-7-15-16(8-10-24)21-12-22-19(15)23-14-5-6-14/h1-4,12,14,18H,5-11H2,(H,21,22,23). The van der Waals surface area contributed by atoms with Crippen LogP contribution in [-0.2, 0) is 24.1 Å². The van der Waals surface area contributed by atoms with E-state index in [1.165, 1.54) is 18.4 Å². The van der Waals surface area contributed by atoms with Gasteiger partial charge in [-0.15, -0.1) is 0 Å². The molecule has 134 valence electrons. The lowest BCUT2D eigenvalue weighted by Gasteiger charge is -2.23. The van der Waals surface area contributed by atoms with Gasteiger partial charge in [-0.1, -0.05) is 18.2 Å². The SMILES string of the molecule is O=C(C1Cc2ccccc2O1)N1CCc2ncnc(NC3CC3)c2CC1. The van der Waals surface area contributed by atoms with Crippen LogP contribution < -0.4 is 10.1 Å². The average Bonchev–Trinajstić information content (AvgIpc) is 3.41. The zero-order chi connectivity index (χ0) is 17.5. The molecule has 0 bridgehead atoms. The number of nitrogens with one attached hydrogen (secondary N) is 1. The van der Waals surface area contributed by atoms with Crippen LogP contribution >= 0.6 is 0 Å². The lowest BCUT2D eigenvalue weighted by Crippen LogP contribution is -2.42. The number of para-hydroxylation sites is 1. The van der Waals surface area contributed by atoms with Crippen molar-refractivity contribution in [1.82, 2.24) is 14.9 Å². The molecule has 1 atom stereocenters. The van der Waals surface area contributed by atoms with Crippen molar-refractivity contribution in [2.75, 3.05) is 18.4 Å². The fraction of sp³-hybridized carbons (Fsp3) is 0.450. The summed E-state index contributed by atoms with van der Waals surface area (Å²) in [7, 11) is 0. The van der Waals surface area contributed by atoms with Gasteiger partial charge in [0.05, 0.1) is 5.69 Å². The van der Waals surface area contributed by atoms with Gasteiger partial charge >= 0.3 is 0 Å². The second-order valence-corrected chi connectivity index (χ2v) is 7.31. The van der Waals surface area contributed by atoms with Crippen molar-refractivity contribution in [3.8, 4) is 5.75 Å². The predicted octanol–water partition coefficient (Wildman–Crippen LogP) is 1.98. The summed E-state index contributed by atoms with van der Waals surface area (Å²) in [6, 6.07) is 8.46. The first-order chi connectivity index (χ1) is 12.8. The Morgan fingerprint density at radius 3 is 2.85 bits per heavy atom. The van der Waals surface area contributed by atoms with Crippen LogP contribution in [0.25, 0.3) is 0 Å². The van der Waals surface area contributed by atoms with Crippen LogP contribution in [0.1, 0.15) is 29.7 Å². The number of rotatable bonds is 3. The van der Waals surface area contributed by atoms with Crippen molar-refractivity contribution in [2.45, 2.75) is 44.2 Å². The molecule has 1 amide bonds. The van der Waals surface area contributed by atoms with E-state index in [2.05, 4.69) is 15.3 Å². The number of ether oxygens (including phenoxy) is 1. The summed E-state index contributed by atoms with van der Waals surface area (Å²) in [4.78, 5) is 23.8. The van der Waals surface area contributed by atoms with E-state index >= 15 is 0 Å². The number of nitrogens with zero attached hydrogens (tertiary/aromatic N) is 3. The zero-order valence-corrected chi connectivity index (χ0v) is 14.6. The fourth-order valence-electron chi connectivity index (χ4n) is 3.82. The van der Waals surface area contributed by atoms with Gasteiger partial charge in [0.2, 0.25) is 0 Å². The Morgan fingerprint density at radius 2 is 2.00 bits per heavy atom. The molecular weight excluding hydrogens is 328 g/mol. The van der Waals surface area contributed by atoms with Gasteiger partial charge < -0.3 is 15.0 Å². The number of hydrogen-bond donors (Lipinski definition) is 1. The molecule has 3 heterocycles. The van der Waals surface area contributed by atoms with Crippen molar-refractivity contribution in [2.24, 2.45) is 0 Å². The molecule has 1 unspecified atom stereocenters. The third-order valence-corrected chi connectivity index (χ3v) is 5.44. The highest BCUT2D eigenvalue weighted by Gasteiger charge is 2.33. The lowest BCUT2D eigenvalue weighted by molar-refractivity contribution is -0.137. The minimum Gasteiger partial charge on any atom is -0.480 e. The molecule has 0 saturated heterocycles. The average molecular weight is 350 g/mol. The Kier molecular flexibility index (Phi) is 3.76. The Hall–Kier alpha value is -2.63. The van der Waals surface area contributed by atoms with Gasteiger partial charge in [0, 0.05) is 37.5 Å². The minimum atomic E-state index is -0.399. The van der Waals surface area contributed by atoms with E-state index in [4.69, 9.17) is 4.74 Å². The number of carbonyl (C=O) groups excluding carboxylic acids is 1.